The fraction of sp³-hybridized carbons (Fsp3) is 0.833. The van der Waals surface area contributed by atoms with Gasteiger partial charge < -0.3 is 9.84 Å². The van der Waals surface area contributed by atoms with Gasteiger partial charge in [-0.15, -0.1) is 0 Å². The summed E-state index contributed by atoms with van der Waals surface area (Å²) in [6.45, 7) is 0.485. The van der Waals surface area contributed by atoms with E-state index < -0.39 is 22.5 Å². The molecule has 5 nitrogen and oxygen atoms in total. The van der Waals surface area contributed by atoms with E-state index in [4.69, 9.17) is 9.84 Å². The molecule has 1 heterocycles. The first-order valence-electron chi connectivity index (χ1n) is 3.49. The third kappa shape index (κ3) is 1.82. The van der Waals surface area contributed by atoms with Gasteiger partial charge in [-0.2, -0.15) is 0 Å². The van der Waals surface area contributed by atoms with E-state index in [-0.39, 0.29) is 6.61 Å². The fourth-order valence-corrected chi connectivity index (χ4v) is 1.93. The Morgan fingerprint density at radius 3 is 2.75 bits per heavy atom. The lowest BCUT2D eigenvalue weighted by molar-refractivity contribution is -0.143. The molecule has 2 unspecified atom stereocenters. The highest BCUT2D eigenvalue weighted by molar-refractivity contribution is 7.82. The molecule has 2 N–H and O–H groups in total. The highest BCUT2D eigenvalue weighted by Gasteiger charge is 2.43. The topological polar surface area (TPSA) is 75.6 Å². The maximum absolute atomic E-state index is 10.8. The van der Waals surface area contributed by atoms with Crippen LogP contribution in [-0.4, -0.2) is 40.3 Å². The Morgan fingerprint density at radius 1 is 1.75 bits per heavy atom. The van der Waals surface area contributed by atoms with Crippen LogP contribution in [-0.2, 0) is 20.5 Å². The van der Waals surface area contributed by atoms with Crippen LogP contribution < -0.4 is 4.72 Å². The summed E-state index contributed by atoms with van der Waals surface area (Å²) in [6, 6.07) is 0. The van der Waals surface area contributed by atoms with Gasteiger partial charge in [-0.3, -0.25) is 4.79 Å². The van der Waals surface area contributed by atoms with Gasteiger partial charge in [0, 0.05) is 19.3 Å². The first-order valence-corrected chi connectivity index (χ1v) is 5.05. The van der Waals surface area contributed by atoms with Crippen LogP contribution in [0.25, 0.3) is 0 Å². The van der Waals surface area contributed by atoms with Crippen molar-refractivity contribution in [2.75, 3.05) is 19.5 Å². The van der Waals surface area contributed by atoms with Gasteiger partial charge >= 0.3 is 5.97 Å². The predicted molar refractivity (Wildman–Crippen MR) is 43.0 cm³/mol. The summed E-state index contributed by atoms with van der Waals surface area (Å²) < 4.78 is 18.2. The van der Waals surface area contributed by atoms with E-state index in [9.17, 15) is 9.00 Å². The number of nitrogens with one attached hydrogen (secondary N) is 1. The standard InChI is InChI=1S/C6H11NO4S/c1-12(10)7-6(5(8)9)2-3-11-4-6/h7H,2-4H2,1H3,(H,8,9). The second kappa shape index (κ2) is 3.51. The number of carbonyl (C=O) groups is 1. The molecule has 1 aliphatic heterocycles. The molecule has 2 atom stereocenters. The molecule has 0 aromatic heterocycles. The lowest BCUT2D eigenvalue weighted by atomic mass is 10.0. The Morgan fingerprint density at radius 2 is 2.42 bits per heavy atom. The fourth-order valence-electron chi connectivity index (χ4n) is 1.13. The number of aliphatic carboxylic acids is 1. The van der Waals surface area contributed by atoms with Crippen LogP contribution in [0.4, 0.5) is 0 Å². The molecule has 0 aromatic carbocycles. The average molecular weight is 193 g/mol. The Kier molecular flexibility index (Phi) is 2.81. The van der Waals surface area contributed by atoms with Crippen LogP contribution in [0.2, 0.25) is 0 Å². The van der Waals surface area contributed by atoms with Crippen LogP contribution in [0.5, 0.6) is 0 Å². The molecule has 1 fully saturated rings. The zero-order valence-electron chi connectivity index (χ0n) is 6.70. The normalized spacial score (nSPS) is 31.8. The molecule has 0 aromatic rings. The Hall–Kier alpha value is -0.460. The number of hydrogen-bond donors (Lipinski definition) is 2. The minimum atomic E-state index is -1.33. The Balaban J connectivity index is 2.72. The summed E-state index contributed by atoms with van der Waals surface area (Å²) in [7, 11) is -1.33. The monoisotopic (exact) mass is 193 g/mol. The van der Waals surface area contributed by atoms with Gasteiger partial charge in [0.05, 0.1) is 17.6 Å². The molecular weight excluding hydrogens is 182 g/mol. The number of rotatable bonds is 3. The van der Waals surface area contributed by atoms with Gasteiger partial charge in [0.1, 0.15) is 0 Å². The Bertz CT molecular complexity index is 212. The van der Waals surface area contributed by atoms with Gasteiger partial charge in [-0.25, -0.2) is 8.93 Å². The van der Waals surface area contributed by atoms with E-state index in [0.29, 0.717) is 13.0 Å². The Labute approximate surface area is 72.7 Å². The predicted octanol–water partition coefficient (Wildman–Crippen LogP) is -0.887. The molecule has 6 heteroatoms. The van der Waals surface area contributed by atoms with Crippen LogP contribution in [0.15, 0.2) is 0 Å². The largest absolute Gasteiger partial charge is 0.480 e. The maximum atomic E-state index is 10.8. The van der Waals surface area contributed by atoms with Gasteiger partial charge in [0.25, 0.3) is 0 Å². The molecule has 1 rings (SSSR count). The molecule has 1 saturated heterocycles. The molecule has 0 spiro atoms. The van der Waals surface area contributed by atoms with Crippen LogP contribution in [0, 0.1) is 0 Å². The third-order valence-corrected chi connectivity index (χ3v) is 2.45. The van der Waals surface area contributed by atoms with E-state index in [1.54, 1.807) is 0 Å². The van der Waals surface area contributed by atoms with Crippen molar-refractivity contribution in [3.63, 3.8) is 0 Å². The quantitative estimate of drug-likeness (QED) is 0.610. The number of hydrogen-bond acceptors (Lipinski definition) is 3. The summed E-state index contributed by atoms with van der Waals surface area (Å²) in [4.78, 5) is 10.8. The first-order chi connectivity index (χ1) is 5.57. The maximum Gasteiger partial charge on any atom is 0.327 e. The summed E-state index contributed by atoms with van der Waals surface area (Å²) in [5.41, 5.74) is -1.14. The van der Waals surface area contributed by atoms with Gasteiger partial charge in [0.2, 0.25) is 0 Å². The summed E-state index contributed by atoms with van der Waals surface area (Å²) in [5, 5.41) is 8.84. The third-order valence-electron chi connectivity index (χ3n) is 1.77. The molecule has 70 valence electrons. The highest BCUT2D eigenvalue weighted by atomic mass is 32.2. The lowest BCUT2D eigenvalue weighted by Gasteiger charge is -2.21. The molecule has 1 aliphatic rings. The van der Waals surface area contributed by atoms with Crippen molar-refractivity contribution in [1.82, 2.24) is 4.72 Å². The summed E-state index contributed by atoms with van der Waals surface area (Å²) in [5.74, 6) is -1.00. The van der Waals surface area contributed by atoms with Gasteiger partial charge in [-0.05, 0) is 0 Å². The van der Waals surface area contributed by atoms with Crippen LogP contribution >= 0.6 is 0 Å². The van der Waals surface area contributed by atoms with E-state index in [1.165, 1.54) is 6.26 Å². The van der Waals surface area contributed by atoms with Crippen molar-refractivity contribution >= 4 is 17.0 Å². The molecule has 0 saturated carbocycles. The number of ether oxygens (including phenoxy) is 1. The molecule has 0 amide bonds. The summed E-state index contributed by atoms with van der Waals surface area (Å²) in [6.07, 6.45) is 1.77. The molecule has 0 bridgehead atoms. The van der Waals surface area contributed by atoms with E-state index in [1.807, 2.05) is 0 Å². The SMILES string of the molecule is CS(=O)NC1(C(=O)O)CCOC1. The zero-order valence-corrected chi connectivity index (χ0v) is 7.52. The summed E-state index contributed by atoms with van der Waals surface area (Å²) >= 11 is 0. The second-order valence-electron chi connectivity index (χ2n) is 2.75. The van der Waals surface area contributed by atoms with Crippen molar-refractivity contribution in [1.29, 1.82) is 0 Å². The molecule has 0 radical (unpaired) electrons. The minimum absolute atomic E-state index is 0.0852. The van der Waals surface area contributed by atoms with Gasteiger partial charge in [-0.1, -0.05) is 0 Å². The second-order valence-corrected chi connectivity index (χ2v) is 3.86. The first kappa shape index (κ1) is 9.63. The zero-order chi connectivity index (χ0) is 9.19. The van der Waals surface area contributed by atoms with Crippen molar-refractivity contribution in [3.8, 4) is 0 Å². The molecule has 12 heavy (non-hydrogen) atoms. The van der Waals surface area contributed by atoms with E-state index in [0.717, 1.165) is 0 Å². The van der Waals surface area contributed by atoms with Crippen molar-refractivity contribution < 1.29 is 18.8 Å². The smallest absolute Gasteiger partial charge is 0.327 e. The number of carboxylic acid groups (broad SMARTS) is 1. The van der Waals surface area contributed by atoms with Crippen molar-refractivity contribution in [3.05, 3.63) is 0 Å². The van der Waals surface area contributed by atoms with Gasteiger partial charge in [0.15, 0.2) is 5.54 Å². The number of carboxylic acids is 1. The molecular formula is C6H11NO4S. The van der Waals surface area contributed by atoms with Crippen LogP contribution in [0.1, 0.15) is 6.42 Å². The highest BCUT2D eigenvalue weighted by Crippen LogP contribution is 2.18. The van der Waals surface area contributed by atoms with Crippen molar-refractivity contribution in [2.45, 2.75) is 12.0 Å². The lowest BCUT2D eigenvalue weighted by Crippen LogP contribution is -2.53. The van der Waals surface area contributed by atoms with Crippen LogP contribution in [0.3, 0.4) is 0 Å². The molecule has 0 aliphatic carbocycles. The van der Waals surface area contributed by atoms with E-state index >= 15 is 0 Å². The minimum Gasteiger partial charge on any atom is -0.480 e. The van der Waals surface area contributed by atoms with E-state index in [2.05, 4.69) is 4.72 Å². The average Bonchev–Trinajstić information content (AvgIpc) is 2.35. The van der Waals surface area contributed by atoms with Crippen molar-refractivity contribution in [2.24, 2.45) is 0 Å².